The lowest BCUT2D eigenvalue weighted by atomic mass is 10.1. The lowest BCUT2D eigenvalue weighted by Crippen LogP contribution is -2.35. The van der Waals surface area contributed by atoms with Crippen LogP contribution in [0.15, 0.2) is 53.3 Å². The van der Waals surface area contributed by atoms with Gasteiger partial charge in [-0.15, -0.1) is 5.10 Å². The van der Waals surface area contributed by atoms with Crippen molar-refractivity contribution in [2.45, 2.75) is 33.1 Å². The molecule has 0 N–H and O–H groups in total. The number of carbonyl (C=O) groups excluding carboxylic acids is 2. The van der Waals surface area contributed by atoms with Gasteiger partial charge >= 0.3 is 0 Å². The number of imide groups is 1. The minimum Gasteiger partial charge on any atom is -0.494 e. The molecule has 2 amide bonds. The van der Waals surface area contributed by atoms with Crippen LogP contribution in [0.25, 0.3) is 21.9 Å². The van der Waals surface area contributed by atoms with Crippen molar-refractivity contribution in [3.63, 3.8) is 0 Å². The number of carbonyl (C=O) groups is 2. The first-order valence-corrected chi connectivity index (χ1v) is 11.9. The predicted octanol–water partition coefficient (Wildman–Crippen LogP) is 3.20. The van der Waals surface area contributed by atoms with E-state index in [1.54, 1.807) is 24.3 Å². The number of fused-ring (bicyclic) bond motifs is 2. The van der Waals surface area contributed by atoms with Crippen molar-refractivity contribution in [3.8, 4) is 17.1 Å². The summed E-state index contributed by atoms with van der Waals surface area (Å²) in [6.07, 6.45) is 3.29. The number of unbranched alkanes of at least 4 members (excludes halogenated alkanes) is 2. The summed E-state index contributed by atoms with van der Waals surface area (Å²) in [5, 5.41) is 4.38. The predicted molar refractivity (Wildman–Crippen MR) is 130 cm³/mol. The van der Waals surface area contributed by atoms with E-state index < -0.39 is 17.4 Å². The van der Waals surface area contributed by atoms with E-state index in [4.69, 9.17) is 4.74 Å². The van der Waals surface area contributed by atoms with Crippen LogP contribution in [0.5, 0.6) is 5.75 Å². The van der Waals surface area contributed by atoms with Gasteiger partial charge in [-0.3, -0.25) is 14.4 Å². The van der Waals surface area contributed by atoms with E-state index in [-0.39, 0.29) is 10.1 Å². The van der Waals surface area contributed by atoms with Crippen molar-refractivity contribution in [1.29, 1.82) is 0 Å². The lowest BCUT2D eigenvalue weighted by molar-refractivity contribution is -0.122. The number of thiazole rings is 1. The molecule has 0 fully saturated rings. The standard InChI is InChI=1S/C25H22N4O4S/c1-3-4-7-14-33-17-12-10-16(11-13-17)22-26-25-29(27-22)24(32)21(34-25)20-18-8-5-6-9-19(18)28(15(2)30)23(20)31/h5-6,8-13H,3-4,7,14H2,1-2H3/b21-20-. The number of hydrogen-bond donors (Lipinski definition) is 0. The van der Waals surface area contributed by atoms with E-state index in [0.717, 1.165) is 46.8 Å². The van der Waals surface area contributed by atoms with Gasteiger partial charge in [-0.25, -0.2) is 4.90 Å². The van der Waals surface area contributed by atoms with Crippen LogP contribution >= 0.6 is 11.3 Å². The van der Waals surface area contributed by atoms with Crippen molar-refractivity contribution in [1.82, 2.24) is 14.6 Å². The molecule has 1 aliphatic heterocycles. The van der Waals surface area contributed by atoms with Gasteiger partial charge in [0.05, 0.1) is 17.9 Å². The Balaban J connectivity index is 1.51. The molecule has 8 nitrogen and oxygen atoms in total. The molecule has 172 valence electrons. The summed E-state index contributed by atoms with van der Waals surface area (Å²) in [7, 11) is 0. The first-order valence-electron chi connectivity index (χ1n) is 11.1. The minimum atomic E-state index is -0.509. The highest BCUT2D eigenvalue weighted by Gasteiger charge is 2.36. The van der Waals surface area contributed by atoms with Gasteiger partial charge in [0.15, 0.2) is 5.82 Å². The fraction of sp³-hybridized carbons (Fsp3) is 0.240. The van der Waals surface area contributed by atoms with Crippen LogP contribution in [0.4, 0.5) is 5.69 Å². The molecule has 2 aromatic carbocycles. The van der Waals surface area contributed by atoms with Crippen LogP contribution in [0.1, 0.15) is 38.7 Å². The summed E-state index contributed by atoms with van der Waals surface area (Å²) >= 11 is 1.09. The van der Waals surface area contributed by atoms with E-state index in [1.807, 2.05) is 24.3 Å². The van der Waals surface area contributed by atoms with E-state index in [0.29, 0.717) is 28.6 Å². The van der Waals surface area contributed by atoms with E-state index in [9.17, 15) is 14.4 Å². The number of amides is 2. The smallest absolute Gasteiger partial charge is 0.291 e. The van der Waals surface area contributed by atoms with E-state index >= 15 is 0 Å². The Morgan fingerprint density at radius 3 is 2.53 bits per heavy atom. The summed E-state index contributed by atoms with van der Waals surface area (Å²) in [5.74, 6) is 0.281. The molecular weight excluding hydrogens is 452 g/mol. The largest absolute Gasteiger partial charge is 0.494 e. The van der Waals surface area contributed by atoms with Gasteiger partial charge in [-0.1, -0.05) is 49.3 Å². The zero-order valence-electron chi connectivity index (χ0n) is 18.8. The quantitative estimate of drug-likeness (QED) is 0.399. The number of hydrogen-bond acceptors (Lipinski definition) is 7. The molecule has 3 heterocycles. The zero-order chi connectivity index (χ0) is 23.8. The number of anilines is 1. The fourth-order valence-electron chi connectivity index (χ4n) is 4.00. The molecule has 0 unspecified atom stereocenters. The van der Waals surface area contributed by atoms with Gasteiger partial charge in [0.25, 0.3) is 11.5 Å². The Labute approximate surface area is 199 Å². The Kier molecular flexibility index (Phi) is 5.70. The van der Waals surface area contributed by atoms with E-state index in [1.165, 1.54) is 11.4 Å². The monoisotopic (exact) mass is 474 g/mol. The average molecular weight is 475 g/mol. The maximum absolute atomic E-state index is 13.2. The third-order valence-corrected chi connectivity index (χ3v) is 6.69. The molecule has 2 aromatic heterocycles. The maximum Gasteiger partial charge on any atom is 0.291 e. The second-order valence-corrected chi connectivity index (χ2v) is 8.98. The minimum absolute atomic E-state index is 0.208. The summed E-state index contributed by atoms with van der Waals surface area (Å²) in [6, 6.07) is 14.4. The highest BCUT2D eigenvalue weighted by molar-refractivity contribution is 7.15. The number of rotatable bonds is 6. The Morgan fingerprint density at radius 2 is 1.82 bits per heavy atom. The number of aromatic nitrogens is 3. The van der Waals surface area contributed by atoms with Crippen molar-refractivity contribution in [2.24, 2.45) is 0 Å². The molecule has 34 heavy (non-hydrogen) atoms. The first-order chi connectivity index (χ1) is 16.5. The summed E-state index contributed by atoms with van der Waals surface area (Å²) in [4.78, 5) is 44.3. The molecular formula is C25H22N4O4S. The molecule has 0 saturated heterocycles. The van der Waals surface area contributed by atoms with Crippen LogP contribution in [0.3, 0.4) is 0 Å². The highest BCUT2D eigenvalue weighted by Crippen LogP contribution is 2.35. The molecule has 0 spiro atoms. The second kappa shape index (κ2) is 8.83. The number of benzene rings is 2. The Morgan fingerprint density at radius 1 is 1.06 bits per heavy atom. The maximum atomic E-state index is 13.2. The third kappa shape index (κ3) is 3.67. The normalized spacial score (nSPS) is 14.6. The molecule has 0 radical (unpaired) electrons. The van der Waals surface area contributed by atoms with Gasteiger partial charge in [-0.05, 0) is 36.8 Å². The fourth-order valence-corrected chi connectivity index (χ4v) is 5.00. The average Bonchev–Trinajstić information content (AvgIpc) is 3.47. The van der Waals surface area contributed by atoms with Crippen molar-refractivity contribution in [3.05, 3.63) is 69.0 Å². The second-order valence-electron chi connectivity index (χ2n) is 8.00. The van der Waals surface area contributed by atoms with Crippen molar-refractivity contribution >= 4 is 39.4 Å². The number of nitrogens with zero attached hydrogens (tertiary/aromatic N) is 4. The van der Waals surface area contributed by atoms with Gasteiger partial charge in [0.2, 0.25) is 10.9 Å². The van der Waals surface area contributed by atoms with Crippen LogP contribution < -0.4 is 19.7 Å². The summed E-state index contributed by atoms with van der Waals surface area (Å²) < 4.78 is 7.18. The molecule has 5 rings (SSSR count). The van der Waals surface area contributed by atoms with Crippen LogP contribution in [0.2, 0.25) is 0 Å². The van der Waals surface area contributed by atoms with Gasteiger partial charge in [0, 0.05) is 18.1 Å². The lowest BCUT2D eigenvalue weighted by Gasteiger charge is -2.11. The molecule has 0 atom stereocenters. The molecule has 4 aromatic rings. The van der Waals surface area contributed by atoms with Gasteiger partial charge in [-0.2, -0.15) is 9.50 Å². The SMILES string of the molecule is CCCCCOc1ccc(-c2nc3s/c(=C4\C(=O)N(C(C)=O)c5ccccc54)c(=O)n3n2)cc1. The zero-order valence-corrected chi connectivity index (χ0v) is 19.6. The molecule has 9 heteroatoms. The Hall–Kier alpha value is -3.85. The summed E-state index contributed by atoms with van der Waals surface area (Å²) in [6.45, 7) is 4.15. The number of para-hydroxylation sites is 1. The van der Waals surface area contributed by atoms with Crippen LogP contribution in [0, 0.1) is 0 Å². The first kappa shape index (κ1) is 22.0. The highest BCUT2D eigenvalue weighted by atomic mass is 32.1. The Bertz CT molecular complexity index is 1520. The van der Waals surface area contributed by atoms with E-state index in [2.05, 4.69) is 17.0 Å². The number of ether oxygens (including phenoxy) is 1. The molecule has 0 aliphatic carbocycles. The van der Waals surface area contributed by atoms with Gasteiger partial charge < -0.3 is 4.74 Å². The third-order valence-electron chi connectivity index (χ3n) is 5.66. The molecule has 1 aliphatic rings. The van der Waals surface area contributed by atoms with Crippen molar-refractivity contribution < 1.29 is 14.3 Å². The van der Waals surface area contributed by atoms with Gasteiger partial charge in [0.1, 0.15) is 10.3 Å². The van der Waals surface area contributed by atoms with Crippen LogP contribution in [-0.4, -0.2) is 33.0 Å². The molecule has 0 saturated carbocycles. The van der Waals surface area contributed by atoms with Crippen LogP contribution in [-0.2, 0) is 9.59 Å². The topological polar surface area (TPSA) is 93.9 Å². The summed E-state index contributed by atoms with van der Waals surface area (Å²) in [5.41, 5.74) is 1.57. The molecule has 0 bridgehead atoms. The van der Waals surface area contributed by atoms with Crippen molar-refractivity contribution in [2.75, 3.05) is 11.5 Å².